The van der Waals surface area contributed by atoms with E-state index in [1.54, 1.807) is 19.1 Å². The quantitative estimate of drug-likeness (QED) is 0.736. The number of ether oxygens (including phenoxy) is 2. The van der Waals surface area contributed by atoms with Crippen molar-refractivity contribution >= 4 is 23.4 Å². The summed E-state index contributed by atoms with van der Waals surface area (Å²) in [7, 11) is 3.16. The number of aryl methyl sites for hydroxylation is 1. The molecular formula is C23H23N3O3S. The number of amides is 1. The molecule has 0 N–H and O–H groups in total. The molecule has 0 spiro atoms. The van der Waals surface area contributed by atoms with Gasteiger partial charge in [0.25, 0.3) is 0 Å². The highest BCUT2D eigenvalue weighted by molar-refractivity contribution is 8.03. The van der Waals surface area contributed by atoms with Crippen LogP contribution < -0.4 is 14.4 Å². The summed E-state index contributed by atoms with van der Waals surface area (Å²) in [6, 6.07) is 16.1. The van der Waals surface area contributed by atoms with E-state index in [9.17, 15) is 10.1 Å². The Morgan fingerprint density at radius 3 is 2.63 bits per heavy atom. The predicted molar refractivity (Wildman–Crippen MR) is 117 cm³/mol. The Balaban J connectivity index is 1.72. The third-order valence-electron chi connectivity index (χ3n) is 5.56. The molecule has 30 heavy (non-hydrogen) atoms. The van der Waals surface area contributed by atoms with Crippen LogP contribution in [0.4, 0.5) is 5.69 Å². The summed E-state index contributed by atoms with van der Waals surface area (Å²) >= 11 is 1.53. The lowest BCUT2D eigenvalue weighted by atomic mass is 9.85. The zero-order valence-corrected chi connectivity index (χ0v) is 18.0. The van der Waals surface area contributed by atoms with Gasteiger partial charge >= 0.3 is 0 Å². The summed E-state index contributed by atoms with van der Waals surface area (Å²) in [5.74, 6) is 1.49. The van der Waals surface area contributed by atoms with Crippen LogP contribution in [0, 0.1) is 18.3 Å². The number of nitriles is 1. The molecule has 154 valence electrons. The van der Waals surface area contributed by atoms with E-state index < -0.39 is 0 Å². The molecule has 2 heterocycles. The molecule has 2 aliphatic heterocycles. The molecule has 0 bridgehead atoms. The highest BCUT2D eigenvalue weighted by Crippen LogP contribution is 2.47. The van der Waals surface area contributed by atoms with Crippen LogP contribution in [0.15, 0.2) is 53.1 Å². The minimum absolute atomic E-state index is 0.00431. The number of methoxy groups -OCH3 is 2. The molecule has 1 fully saturated rings. The number of carbonyl (C=O) groups is 1. The maximum absolute atomic E-state index is 13.2. The summed E-state index contributed by atoms with van der Waals surface area (Å²) in [6.07, 6.45) is 0.220. The minimum atomic E-state index is -0.351. The first-order valence-electron chi connectivity index (χ1n) is 9.68. The van der Waals surface area contributed by atoms with Crippen LogP contribution in [0.3, 0.4) is 0 Å². The van der Waals surface area contributed by atoms with Crippen LogP contribution in [0.25, 0.3) is 0 Å². The normalized spacial score (nSPS) is 18.7. The number of para-hydroxylation sites is 2. The predicted octanol–water partition coefficient (Wildman–Crippen LogP) is 4.23. The first kappa shape index (κ1) is 20.2. The van der Waals surface area contributed by atoms with Crippen LogP contribution >= 0.6 is 11.8 Å². The molecule has 2 aliphatic rings. The van der Waals surface area contributed by atoms with Gasteiger partial charge in [0.2, 0.25) is 5.91 Å². The molecule has 6 nitrogen and oxygen atoms in total. The fourth-order valence-electron chi connectivity index (χ4n) is 4.09. The van der Waals surface area contributed by atoms with Crippen molar-refractivity contribution in [2.45, 2.75) is 19.3 Å². The number of carbonyl (C=O) groups excluding carboxylic acids is 1. The zero-order chi connectivity index (χ0) is 21.3. The van der Waals surface area contributed by atoms with E-state index in [4.69, 9.17) is 9.47 Å². The second-order valence-corrected chi connectivity index (χ2v) is 8.17. The first-order chi connectivity index (χ1) is 14.6. The fourth-order valence-corrected chi connectivity index (χ4v) is 5.24. The van der Waals surface area contributed by atoms with Crippen molar-refractivity contribution in [2.75, 3.05) is 31.7 Å². The van der Waals surface area contributed by atoms with Crippen LogP contribution in [-0.2, 0) is 4.79 Å². The monoisotopic (exact) mass is 421 g/mol. The Kier molecular flexibility index (Phi) is 5.60. The number of fused-ring (bicyclic) bond motifs is 1. The van der Waals surface area contributed by atoms with Crippen LogP contribution in [-0.4, -0.2) is 37.6 Å². The summed E-state index contributed by atoms with van der Waals surface area (Å²) in [4.78, 5) is 17.1. The van der Waals surface area contributed by atoms with E-state index in [-0.39, 0.29) is 18.2 Å². The lowest BCUT2D eigenvalue weighted by Gasteiger charge is -2.42. The molecule has 2 aromatic carbocycles. The van der Waals surface area contributed by atoms with Gasteiger partial charge in [-0.25, -0.2) is 0 Å². The van der Waals surface area contributed by atoms with Crippen LogP contribution in [0.2, 0.25) is 0 Å². The molecule has 1 unspecified atom stereocenters. The Hall–Kier alpha value is -3.11. The third kappa shape index (κ3) is 3.37. The van der Waals surface area contributed by atoms with Gasteiger partial charge in [0.15, 0.2) is 11.5 Å². The van der Waals surface area contributed by atoms with E-state index in [2.05, 4.69) is 30.0 Å². The number of anilines is 1. The van der Waals surface area contributed by atoms with E-state index in [1.165, 1.54) is 11.8 Å². The fraction of sp³-hybridized carbons (Fsp3) is 0.304. The number of nitrogens with zero attached hydrogens (tertiary/aromatic N) is 3. The van der Waals surface area contributed by atoms with Crippen molar-refractivity contribution in [1.82, 2.24) is 4.90 Å². The van der Waals surface area contributed by atoms with Crippen LogP contribution in [0.1, 0.15) is 23.5 Å². The highest BCUT2D eigenvalue weighted by atomic mass is 32.2. The Morgan fingerprint density at radius 2 is 1.93 bits per heavy atom. The van der Waals surface area contributed by atoms with Crippen molar-refractivity contribution in [1.29, 1.82) is 5.26 Å². The number of benzene rings is 2. The lowest BCUT2D eigenvalue weighted by Crippen LogP contribution is -2.47. The standard InChI is InChI=1S/C23H23N3O3S/c1-15-7-4-5-9-19(15)25-13-26-21(27)11-17(18(12-24)23(26)30-14-25)16-8-6-10-20(28-2)22(16)29-3/h4-10,17H,11,13-14H2,1-3H3. The van der Waals surface area contributed by atoms with Gasteiger partial charge in [0, 0.05) is 23.6 Å². The van der Waals surface area contributed by atoms with E-state index in [0.717, 1.165) is 21.8 Å². The number of allylic oxidation sites excluding steroid dienone is 1. The van der Waals surface area contributed by atoms with Gasteiger partial charge < -0.3 is 14.4 Å². The van der Waals surface area contributed by atoms with Gasteiger partial charge in [-0.2, -0.15) is 5.26 Å². The Labute approximate surface area is 180 Å². The topological polar surface area (TPSA) is 65.8 Å². The van der Waals surface area contributed by atoms with Gasteiger partial charge in [0.1, 0.15) is 0 Å². The summed E-state index contributed by atoms with van der Waals surface area (Å²) < 4.78 is 11.0. The first-order valence-corrected chi connectivity index (χ1v) is 10.7. The molecule has 7 heteroatoms. The molecule has 0 saturated carbocycles. The maximum atomic E-state index is 13.2. The molecule has 0 aromatic heterocycles. The third-order valence-corrected chi connectivity index (χ3v) is 6.71. The van der Waals surface area contributed by atoms with Crippen LogP contribution in [0.5, 0.6) is 11.5 Å². The zero-order valence-electron chi connectivity index (χ0n) is 17.2. The maximum Gasteiger partial charge on any atom is 0.229 e. The highest BCUT2D eigenvalue weighted by Gasteiger charge is 2.39. The SMILES string of the molecule is COc1cccc(C2CC(=O)N3CN(c4ccccc4C)CSC3=C2C#N)c1OC. The largest absolute Gasteiger partial charge is 0.493 e. The van der Waals surface area contributed by atoms with E-state index in [1.807, 2.05) is 30.3 Å². The average molecular weight is 422 g/mol. The Morgan fingerprint density at radius 1 is 1.13 bits per heavy atom. The molecule has 4 rings (SSSR count). The Bertz CT molecular complexity index is 1060. The molecule has 1 atom stereocenters. The lowest BCUT2D eigenvalue weighted by molar-refractivity contribution is -0.129. The molecular weight excluding hydrogens is 398 g/mol. The van der Waals surface area contributed by atoms with Gasteiger partial charge in [0.05, 0.1) is 43.4 Å². The van der Waals surface area contributed by atoms with E-state index >= 15 is 0 Å². The molecule has 2 aromatic rings. The molecule has 0 radical (unpaired) electrons. The van der Waals surface area contributed by atoms with E-state index in [0.29, 0.717) is 29.6 Å². The van der Waals surface area contributed by atoms with Crippen molar-refractivity contribution in [3.63, 3.8) is 0 Å². The molecule has 1 saturated heterocycles. The van der Waals surface area contributed by atoms with Crippen molar-refractivity contribution in [3.05, 3.63) is 64.2 Å². The number of hydrogen-bond acceptors (Lipinski definition) is 6. The second kappa shape index (κ2) is 8.33. The van der Waals surface area contributed by atoms with Crippen molar-refractivity contribution in [3.8, 4) is 17.6 Å². The minimum Gasteiger partial charge on any atom is -0.493 e. The number of thioether (sulfide) groups is 1. The number of rotatable bonds is 4. The smallest absolute Gasteiger partial charge is 0.229 e. The van der Waals surface area contributed by atoms with Gasteiger partial charge in [-0.15, -0.1) is 0 Å². The summed E-state index contributed by atoms with van der Waals surface area (Å²) in [6.45, 7) is 2.51. The van der Waals surface area contributed by atoms with Gasteiger partial charge in [-0.05, 0) is 24.6 Å². The summed E-state index contributed by atoms with van der Waals surface area (Å²) in [5, 5.41) is 10.8. The molecule has 0 aliphatic carbocycles. The second-order valence-electron chi connectivity index (χ2n) is 7.23. The van der Waals surface area contributed by atoms with Gasteiger partial charge in [-0.3, -0.25) is 9.69 Å². The molecule has 1 amide bonds. The van der Waals surface area contributed by atoms with Crippen molar-refractivity contribution in [2.24, 2.45) is 0 Å². The van der Waals surface area contributed by atoms with Crippen molar-refractivity contribution < 1.29 is 14.3 Å². The summed E-state index contributed by atoms with van der Waals surface area (Å²) in [5.41, 5.74) is 3.67. The van der Waals surface area contributed by atoms with Gasteiger partial charge in [-0.1, -0.05) is 42.1 Å². The average Bonchev–Trinajstić information content (AvgIpc) is 2.78. The number of hydrogen-bond donors (Lipinski definition) is 0.